The van der Waals surface area contributed by atoms with Crippen molar-refractivity contribution < 1.29 is 14.6 Å². The molecule has 0 bridgehead atoms. The van der Waals surface area contributed by atoms with E-state index in [1.54, 1.807) is 12.1 Å². The molecule has 4 heteroatoms. The number of carboxylic acids is 1. The van der Waals surface area contributed by atoms with Gasteiger partial charge in [-0.3, -0.25) is 4.79 Å². The topological polar surface area (TPSA) is 72.5 Å². The first-order valence-electron chi connectivity index (χ1n) is 4.61. The van der Waals surface area contributed by atoms with Gasteiger partial charge in [-0.05, 0) is 37.1 Å². The van der Waals surface area contributed by atoms with Crippen LogP contribution in [-0.2, 0) is 4.79 Å². The second kappa shape index (κ2) is 4.31. The minimum atomic E-state index is -1.06. The van der Waals surface area contributed by atoms with Gasteiger partial charge in [0.05, 0.1) is 7.11 Å². The monoisotopic (exact) mass is 209 g/mol. The SMILES string of the molecule is COc1cc(C)c(C)cc1[C@H](N)C(=O)O. The van der Waals surface area contributed by atoms with Gasteiger partial charge < -0.3 is 15.6 Å². The van der Waals surface area contributed by atoms with Crippen molar-refractivity contribution in [1.29, 1.82) is 0 Å². The highest BCUT2D eigenvalue weighted by molar-refractivity contribution is 5.76. The van der Waals surface area contributed by atoms with Crippen LogP contribution in [0.15, 0.2) is 12.1 Å². The van der Waals surface area contributed by atoms with Crippen molar-refractivity contribution in [3.63, 3.8) is 0 Å². The lowest BCUT2D eigenvalue weighted by molar-refractivity contribution is -0.138. The van der Waals surface area contributed by atoms with Crippen molar-refractivity contribution in [2.75, 3.05) is 7.11 Å². The number of carboxylic acid groups (broad SMARTS) is 1. The van der Waals surface area contributed by atoms with Crippen molar-refractivity contribution in [2.45, 2.75) is 19.9 Å². The van der Waals surface area contributed by atoms with Crippen LogP contribution < -0.4 is 10.5 Å². The molecule has 15 heavy (non-hydrogen) atoms. The Hall–Kier alpha value is -1.55. The number of aryl methyl sites for hydroxylation is 2. The Kier molecular flexibility index (Phi) is 3.31. The molecule has 3 N–H and O–H groups in total. The molecule has 1 rings (SSSR count). The van der Waals surface area contributed by atoms with Gasteiger partial charge in [-0.2, -0.15) is 0 Å². The zero-order valence-corrected chi connectivity index (χ0v) is 9.07. The molecule has 1 aromatic carbocycles. The van der Waals surface area contributed by atoms with Gasteiger partial charge in [-0.25, -0.2) is 0 Å². The van der Waals surface area contributed by atoms with Crippen LogP contribution in [0.1, 0.15) is 22.7 Å². The molecule has 0 unspecified atom stereocenters. The molecule has 0 aromatic heterocycles. The van der Waals surface area contributed by atoms with E-state index < -0.39 is 12.0 Å². The van der Waals surface area contributed by atoms with Gasteiger partial charge in [0.15, 0.2) is 0 Å². The quantitative estimate of drug-likeness (QED) is 0.789. The van der Waals surface area contributed by atoms with Gasteiger partial charge in [0.25, 0.3) is 0 Å². The number of rotatable bonds is 3. The molecule has 0 amide bonds. The zero-order valence-electron chi connectivity index (χ0n) is 9.07. The fourth-order valence-corrected chi connectivity index (χ4v) is 1.36. The van der Waals surface area contributed by atoms with E-state index in [1.165, 1.54) is 7.11 Å². The largest absolute Gasteiger partial charge is 0.496 e. The van der Waals surface area contributed by atoms with E-state index in [1.807, 2.05) is 13.8 Å². The molecular formula is C11H15NO3. The van der Waals surface area contributed by atoms with Crippen LogP contribution in [0.2, 0.25) is 0 Å². The van der Waals surface area contributed by atoms with Gasteiger partial charge in [0.1, 0.15) is 11.8 Å². The molecule has 1 aromatic rings. The average molecular weight is 209 g/mol. The van der Waals surface area contributed by atoms with Crippen LogP contribution in [0, 0.1) is 13.8 Å². The van der Waals surface area contributed by atoms with Crippen LogP contribution in [0.5, 0.6) is 5.75 Å². The molecule has 0 saturated carbocycles. The van der Waals surface area contributed by atoms with Crippen molar-refractivity contribution in [2.24, 2.45) is 5.73 Å². The Morgan fingerprint density at radius 2 is 1.93 bits per heavy atom. The maximum Gasteiger partial charge on any atom is 0.325 e. The number of ether oxygens (including phenoxy) is 1. The maximum absolute atomic E-state index is 10.8. The van der Waals surface area contributed by atoms with Gasteiger partial charge in [-0.15, -0.1) is 0 Å². The number of methoxy groups -OCH3 is 1. The highest BCUT2D eigenvalue weighted by Gasteiger charge is 2.19. The smallest absolute Gasteiger partial charge is 0.325 e. The number of hydrogen-bond acceptors (Lipinski definition) is 3. The van der Waals surface area contributed by atoms with Gasteiger partial charge in [0.2, 0.25) is 0 Å². The molecule has 1 atom stereocenters. The molecule has 0 aliphatic rings. The van der Waals surface area contributed by atoms with Gasteiger partial charge in [-0.1, -0.05) is 0 Å². The molecule has 0 heterocycles. The molecular weight excluding hydrogens is 194 g/mol. The molecule has 0 aliphatic carbocycles. The van der Waals surface area contributed by atoms with E-state index in [2.05, 4.69) is 0 Å². The number of hydrogen-bond donors (Lipinski definition) is 2. The summed E-state index contributed by atoms with van der Waals surface area (Å²) in [5, 5.41) is 8.84. The summed E-state index contributed by atoms with van der Waals surface area (Å²) in [6.07, 6.45) is 0. The van der Waals surface area contributed by atoms with Crippen molar-refractivity contribution >= 4 is 5.97 Å². The molecule has 0 spiro atoms. The van der Waals surface area contributed by atoms with E-state index in [9.17, 15) is 4.79 Å². The minimum absolute atomic E-state index is 0.508. The first kappa shape index (κ1) is 11.5. The van der Waals surface area contributed by atoms with Crippen molar-refractivity contribution in [1.82, 2.24) is 0 Å². The standard InChI is InChI=1S/C11H15NO3/c1-6-4-8(10(12)11(13)14)9(15-3)5-7(6)2/h4-5,10H,12H2,1-3H3,(H,13,14)/t10-/m0/s1. The number of aliphatic carboxylic acids is 1. The molecule has 0 saturated heterocycles. The van der Waals surface area contributed by atoms with Crippen LogP contribution in [0.4, 0.5) is 0 Å². The summed E-state index contributed by atoms with van der Waals surface area (Å²) in [7, 11) is 1.50. The summed E-state index contributed by atoms with van der Waals surface area (Å²) in [6, 6.07) is 2.51. The lowest BCUT2D eigenvalue weighted by atomic mass is 10.0. The lowest BCUT2D eigenvalue weighted by Crippen LogP contribution is -2.21. The Morgan fingerprint density at radius 1 is 1.40 bits per heavy atom. The summed E-state index contributed by atoms with van der Waals surface area (Å²) in [5.41, 5.74) is 8.11. The maximum atomic E-state index is 10.8. The zero-order chi connectivity index (χ0) is 11.6. The predicted octanol–water partition coefficient (Wildman–Crippen LogP) is 1.40. The molecule has 4 nitrogen and oxygen atoms in total. The number of nitrogens with two attached hydrogens (primary N) is 1. The number of carbonyl (C=O) groups is 1. The van der Waals surface area contributed by atoms with Crippen LogP contribution >= 0.6 is 0 Å². The minimum Gasteiger partial charge on any atom is -0.496 e. The normalized spacial score (nSPS) is 12.3. The second-order valence-corrected chi connectivity index (χ2v) is 3.49. The second-order valence-electron chi connectivity index (χ2n) is 3.49. The Bertz CT molecular complexity index is 388. The Morgan fingerprint density at radius 3 is 2.40 bits per heavy atom. The van der Waals surface area contributed by atoms with E-state index >= 15 is 0 Å². The van der Waals surface area contributed by atoms with Crippen LogP contribution in [0.25, 0.3) is 0 Å². The first-order valence-corrected chi connectivity index (χ1v) is 4.61. The summed E-state index contributed by atoms with van der Waals surface area (Å²) >= 11 is 0. The van der Waals surface area contributed by atoms with Crippen molar-refractivity contribution in [3.8, 4) is 5.75 Å². The van der Waals surface area contributed by atoms with Crippen molar-refractivity contribution in [3.05, 3.63) is 28.8 Å². The highest BCUT2D eigenvalue weighted by atomic mass is 16.5. The molecule has 82 valence electrons. The summed E-state index contributed by atoms with van der Waals surface area (Å²) < 4.78 is 5.11. The van der Waals surface area contributed by atoms with Gasteiger partial charge in [0, 0.05) is 5.56 Å². The van der Waals surface area contributed by atoms with E-state index in [0.717, 1.165) is 11.1 Å². The van der Waals surface area contributed by atoms with Gasteiger partial charge >= 0.3 is 5.97 Å². The molecule has 0 aliphatic heterocycles. The average Bonchev–Trinajstić information content (AvgIpc) is 2.20. The first-order chi connectivity index (χ1) is 6.97. The van der Waals surface area contributed by atoms with E-state index in [0.29, 0.717) is 11.3 Å². The summed E-state index contributed by atoms with van der Waals surface area (Å²) in [5.74, 6) is -0.537. The molecule has 0 radical (unpaired) electrons. The van der Waals surface area contributed by atoms with Crippen LogP contribution in [-0.4, -0.2) is 18.2 Å². The van der Waals surface area contributed by atoms with E-state index in [-0.39, 0.29) is 0 Å². The third kappa shape index (κ3) is 2.27. The Labute approximate surface area is 88.7 Å². The summed E-state index contributed by atoms with van der Waals surface area (Å²) in [6.45, 7) is 3.85. The summed E-state index contributed by atoms with van der Waals surface area (Å²) in [4.78, 5) is 10.8. The fraction of sp³-hybridized carbons (Fsp3) is 0.364. The highest BCUT2D eigenvalue weighted by Crippen LogP contribution is 2.27. The third-order valence-electron chi connectivity index (χ3n) is 2.45. The predicted molar refractivity (Wildman–Crippen MR) is 57.0 cm³/mol. The molecule has 0 fully saturated rings. The Balaban J connectivity index is 3.27. The lowest BCUT2D eigenvalue weighted by Gasteiger charge is -2.14. The fourth-order valence-electron chi connectivity index (χ4n) is 1.36. The number of benzene rings is 1. The van der Waals surface area contributed by atoms with E-state index in [4.69, 9.17) is 15.6 Å². The van der Waals surface area contributed by atoms with Crippen LogP contribution in [0.3, 0.4) is 0 Å². The third-order valence-corrected chi connectivity index (χ3v) is 2.45.